The molecule has 0 spiro atoms. The maximum atomic E-state index is 12.7. The summed E-state index contributed by atoms with van der Waals surface area (Å²) in [6.07, 6.45) is 1.34. The van der Waals surface area contributed by atoms with Gasteiger partial charge in [-0.25, -0.2) is 4.39 Å². The largest absolute Gasteiger partial charge is 0.416 e. The Bertz CT molecular complexity index is 438. The lowest BCUT2D eigenvalue weighted by molar-refractivity contribution is 0.0954. The Morgan fingerprint density at radius 3 is 2.47 bits per heavy atom. The summed E-state index contributed by atoms with van der Waals surface area (Å²) in [5.74, 6) is -0.548. The summed E-state index contributed by atoms with van der Waals surface area (Å²) in [4.78, 5) is 15.6. The first-order chi connectivity index (χ1) is 8.63. The van der Waals surface area contributed by atoms with Crippen molar-refractivity contribution in [3.05, 3.63) is 29.8 Å². The highest BCUT2D eigenvalue weighted by Gasteiger charge is 2.37. The lowest BCUT2D eigenvalue weighted by Crippen LogP contribution is -2.41. The highest BCUT2D eigenvalue weighted by molar-refractivity contribution is 6.74. The van der Waals surface area contributed by atoms with E-state index in [4.69, 9.17) is 4.43 Å². The summed E-state index contributed by atoms with van der Waals surface area (Å²) in [7, 11) is -1.81. The first-order valence-corrected chi connectivity index (χ1v) is 9.33. The van der Waals surface area contributed by atoms with Gasteiger partial charge in [0.2, 0.25) is 0 Å². The van der Waals surface area contributed by atoms with Crippen LogP contribution in [0, 0.1) is 5.82 Å². The summed E-state index contributed by atoms with van der Waals surface area (Å²) in [5, 5.41) is 0.129. The molecule has 0 fully saturated rings. The molecule has 0 atom stereocenters. The fourth-order valence-electron chi connectivity index (χ4n) is 1.28. The van der Waals surface area contributed by atoms with Crippen molar-refractivity contribution < 1.29 is 13.6 Å². The fourth-order valence-corrected chi connectivity index (χ4v) is 2.33. The number of hydrogen-bond acceptors (Lipinski definition) is 3. The Kier molecular flexibility index (Phi) is 4.98. The van der Waals surface area contributed by atoms with Crippen LogP contribution in [0.5, 0.6) is 0 Å². The molecular formula is C14H22FNO2Si. The van der Waals surface area contributed by atoms with E-state index in [1.54, 1.807) is 0 Å². The molecule has 0 unspecified atom stereocenters. The summed E-state index contributed by atoms with van der Waals surface area (Å²) >= 11 is 0. The molecule has 0 radical (unpaired) electrons. The average Bonchev–Trinajstić information content (AvgIpc) is 2.28. The standard InChI is InChI=1S/C14H22FNO2Si/c1-14(2,3)19(4,5)18-9-8-13(17)12-7-6-11(15)10-16-12/h6-7,10H,8-9H2,1-5H3. The van der Waals surface area contributed by atoms with Crippen molar-refractivity contribution in [2.75, 3.05) is 6.61 Å². The van der Waals surface area contributed by atoms with Crippen LogP contribution in [0.3, 0.4) is 0 Å². The van der Waals surface area contributed by atoms with Crippen molar-refractivity contribution in [3.63, 3.8) is 0 Å². The zero-order chi connectivity index (χ0) is 14.7. The van der Waals surface area contributed by atoms with Gasteiger partial charge in [-0.1, -0.05) is 20.8 Å². The smallest absolute Gasteiger partial charge is 0.191 e. The van der Waals surface area contributed by atoms with Gasteiger partial charge in [0.1, 0.15) is 11.5 Å². The second-order valence-electron chi connectivity index (χ2n) is 6.14. The van der Waals surface area contributed by atoms with Crippen LogP contribution in [0.2, 0.25) is 18.1 Å². The van der Waals surface area contributed by atoms with E-state index < -0.39 is 14.1 Å². The number of carbonyl (C=O) groups is 1. The number of aromatic nitrogens is 1. The van der Waals surface area contributed by atoms with Crippen LogP contribution in [0.15, 0.2) is 18.3 Å². The molecule has 0 aromatic carbocycles. The molecule has 0 aliphatic heterocycles. The second kappa shape index (κ2) is 5.92. The Hall–Kier alpha value is -1.07. The Morgan fingerprint density at radius 1 is 1.37 bits per heavy atom. The number of halogens is 1. The molecule has 0 aliphatic carbocycles. The molecule has 0 aliphatic rings. The quantitative estimate of drug-likeness (QED) is 0.609. The molecule has 0 saturated carbocycles. The molecule has 1 rings (SSSR count). The van der Waals surface area contributed by atoms with E-state index in [2.05, 4.69) is 38.8 Å². The van der Waals surface area contributed by atoms with Crippen molar-refractivity contribution in [2.24, 2.45) is 0 Å². The molecule has 19 heavy (non-hydrogen) atoms. The predicted octanol–water partition coefficient (Wildman–Crippen LogP) is 3.82. The third-order valence-corrected chi connectivity index (χ3v) is 8.15. The van der Waals surface area contributed by atoms with E-state index in [-0.39, 0.29) is 17.2 Å². The maximum absolute atomic E-state index is 12.7. The van der Waals surface area contributed by atoms with E-state index in [0.29, 0.717) is 12.3 Å². The molecule has 1 heterocycles. The fraction of sp³-hybridized carbons (Fsp3) is 0.571. The molecule has 1 aromatic rings. The molecule has 0 amide bonds. The van der Waals surface area contributed by atoms with Crippen molar-refractivity contribution in [1.82, 2.24) is 4.98 Å². The van der Waals surface area contributed by atoms with Crippen molar-refractivity contribution in [2.45, 2.75) is 45.3 Å². The minimum absolute atomic E-state index is 0.112. The highest BCUT2D eigenvalue weighted by atomic mass is 28.4. The zero-order valence-corrected chi connectivity index (χ0v) is 13.3. The van der Waals surface area contributed by atoms with Crippen molar-refractivity contribution >= 4 is 14.1 Å². The van der Waals surface area contributed by atoms with Gasteiger partial charge in [0.15, 0.2) is 14.1 Å². The Morgan fingerprint density at radius 2 is 2.00 bits per heavy atom. The third kappa shape index (κ3) is 4.51. The number of nitrogens with zero attached hydrogens (tertiary/aromatic N) is 1. The van der Waals surface area contributed by atoms with Crippen molar-refractivity contribution in [3.8, 4) is 0 Å². The van der Waals surface area contributed by atoms with Gasteiger partial charge in [0, 0.05) is 13.0 Å². The molecule has 0 saturated heterocycles. The van der Waals surface area contributed by atoms with Crippen LogP contribution in [0.1, 0.15) is 37.7 Å². The topological polar surface area (TPSA) is 39.2 Å². The summed E-state index contributed by atoms with van der Waals surface area (Å²) in [5.41, 5.74) is 0.292. The van der Waals surface area contributed by atoms with E-state index >= 15 is 0 Å². The van der Waals surface area contributed by atoms with Crippen LogP contribution in [-0.4, -0.2) is 25.7 Å². The number of carbonyl (C=O) groups excluding carboxylic acids is 1. The van der Waals surface area contributed by atoms with Gasteiger partial charge >= 0.3 is 0 Å². The average molecular weight is 283 g/mol. The van der Waals surface area contributed by atoms with E-state index in [1.165, 1.54) is 12.1 Å². The van der Waals surface area contributed by atoms with Crippen LogP contribution < -0.4 is 0 Å². The first kappa shape index (κ1) is 16.0. The minimum atomic E-state index is -1.81. The SMILES string of the molecule is CC(C)(C)[Si](C)(C)OCCC(=O)c1ccc(F)cn1. The van der Waals surface area contributed by atoms with Gasteiger partial charge in [-0.15, -0.1) is 0 Å². The summed E-state index contributed by atoms with van der Waals surface area (Å²) in [6.45, 7) is 11.2. The van der Waals surface area contributed by atoms with Gasteiger partial charge < -0.3 is 4.43 Å². The number of pyridine rings is 1. The summed E-state index contributed by atoms with van der Waals surface area (Å²) in [6, 6.07) is 2.65. The van der Waals surface area contributed by atoms with E-state index in [9.17, 15) is 9.18 Å². The Labute approximate surface area is 115 Å². The summed E-state index contributed by atoms with van der Waals surface area (Å²) < 4.78 is 18.6. The van der Waals surface area contributed by atoms with Crippen LogP contribution in [0.25, 0.3) is 0 Å². The lowest BCUT2D eigenvalue weighted by Gasteiger charge is -2.36. The van der Waals surface area contributed by atoms with Gasteiger partial charge in [0.25, 0.3) is 0 Å². The second-order valence-corrected chi connectivity index (χ2v) is 11.0. The van der Waals surface area contributed by atoms with Gasteiger partial charge in [-0.05, 0) is 30.3 Å². The van der Waals surface area contributed by atoms with E-state index in [1.807, 2.05) is 0 Å². The molecular weight excluding hydrogens is 261 g/mol. The van der Waals surface area contributed by atoms with Gasteiger partial charge in [0.05, 0.1) is 6.20 Å². The predicted molar refractivity (Wildman–Crippen MR) is 76.3 cm³/mol. The van der Waals surface area contributed by atoms with Crippen LogP contribution >= 0.6 is 0 Å². The number of ketones is 1. The van der Waals surface area contributed by atoms with Crippen LogP contribution in [-0.2, 0) is 4.43 Å². The molecule has 1 aromatic heterocycles. The van der Waals surface area contributed by atoms with E-state index in [0.717, 1.165) is 6.20 Å². The lowest BCUT2D eigenvalue weighted by atomic mass is 10.2. The number of rotatable bonds is 5. The third-order valence-electron chi connectivity index (χ3n) is 3.61. The first-order valence-electron chi connectivity index (χ1n) is 6.42. The Balaban J connectivity index is 2.50. The maximum Gasteiger partial charge on any atom is 0.191 e. The monoisotopic (exact) mass is 283 g/mol. The molecule has 5 heteroatoms. The highest BCUT2D eigenvalue weighted by Crippen LogP contribution is 2.36. The van der Waals surface area contributed by atoms with Gasteiger partial charge in [-0.2, -0.15) is 0 Å². The number of hydrogen-bond donors (Lipinski definition) is 0. The van der Waals surface area contributed by atoms with Crippen molar-refractivity contribution in [1.29, 1.82) is 0 Å². The van der Waals surface area contributed by atoms with Crippen LogP contribution in [0.4, 0.5) is 4.39 Å². The molecule has 0 bridgehead atoms. The molecule has 3 nitrogen and oxygen atoms in total. The zero-order valence-electron chi connectivity index (χ0n) is 12.3. The number of Topliss-reactive ketones (excluding diaryl/α,β-unsaturated/α-hetero) is 1. The molecule has 0 N–H and O–H groups in total. The normalized spacial score (nSPS) is 12.5. The van der Waals surface area contributed by atoms with Gasteiger partial charge in [-0.3, -0.25) is 9.78 Å². The molecule has 106 valence electrons. The minimum Gasteiger partial charge on any atom is -0.416 e.